The Labute approximate surface area is 183 Å². The zero-order valence-corrected chi connectivity index (χ0v) is 18.1. The maximum Gasteiger partial charge on any atom is 0.293 e. The Morgan fingerprint density at radius 3 is 2.55 bits per heavy atom. The Balaban J connectivity index is 1.55. The van der Waals surface area contributed by atoms with Crippen molar-refractivity contribution in [2.45, 2.75) is 19.8 Å². The molecule has 0 radical (unpaired) electrons. The van der Waals surface area contributed by atoms with Crippen molar-refractivity contribution in [1.29, 1.82) is 0 Å². The molecule has 1 aliphatic rings. The number of hydrogen-bond donors (Lipinski definition) is 1. The first-order valence-corrected chi connectivity index (χ1v) is 10.7. The maximum absolute atomic E-state index is 12.8. The van der Waals surface area contributed by atoms with Crippen LogP contribution in [0.3, 0.4) is 0 Å². The van der Waals surface area contributed by atoms with Crippen molar-refractivity contribution in [2.24, 2.45) is 0 Å². The molecule has 160 valence electrons. The lowest BCUT2D eigenvalue weighted by Gasteiger charge is -2.17. The van der Waals surface area contributed by atoms with Gasteiger partial charge in [-0.3, -0.25) is 20.2 Å². The van der Waals surface area contributed by atoms with Crippen molar-refractivity contribution in [1.82, 2.24) is 4.98 Å². The van der Waals surface area contributed by atoms with Gasteiger partial charge in [0.25, 0.3) is 11.6 Å². The normalized spacial score (nSPS) is 13.3. The lowest BCUT2D eigenvalue weighted by molar-refractivity contribution is -0.384. The van der Waals surface area contributed by atoms with Crippen LogP contribution in [-0.4, -0.2) is 36.0 Å². The number of carbonyl (C=O) groups excluding carboxylic acids is 1. The standard InChI is InChI=1S/C22H22N4O4S/c1-14-20(15-5-8-17(30-2)9-6-15)23-22(31-14)24-21(27)16-7-10-18(19(13-16)26(28)29)25-11-3-4-12-25/h5-10,13H,3-4,11-12H2,1-2H3,(H,23,24,27). The maximum atomic E-state index is 12.8. The predicted molar refractivity (Wildman–Crippen MR) is 121 cm³/mol. The van der Waals surface area contributed by atoms with Gasteiger partial charge in [0.2, 0.25) is 0 Å². The van der Waals surface area contributed by atoms with E-state index < -0.39 is 10.8 Å². The zero-order chi connectivity index (χ0) is 22.0. The van der Waals surface area contributed by atoms with Crippen LogP contribution >= 0.6 is 11.3 Å². The summed E-state index contributed by atoms with van der Waals surface area (Å²) in [6.45, 7) is 3.51. The van der Waals surface area contributed by atoms with Crippen LogP contribution in [-0.2, 0) is 0 Å². The van der Waals surface area contributed by atoms with Gasteiger partial charge in [0, 0.05) is 35.2 Å². The average molecular weight is 439 g/mol. The molecular formula is C22H22N4O4S. The summed E-state index contributed by atoms with van der Waals surface area (Å²) >= 11 is 1.36. The molecule has 31 heavy (non-hydrogen) atoms. The van der Waals surface area contributed by atoms with E-state index >= 15 is 0 Å². The Morgan fingerprint density at radius 2 is 1.90 bits per heavy atom. The SMILES string of the molecule is COc1ccc(-c2nc(NC(=O)c3ccc(N4CCCC4)c([N+](=O)[O-])c3)sc2C)cc1. The minimum Gasteiger partial charge on any atom is -0.497 e. The Bertz CT molecular complexity index is 1120. The third-order valence-corrected chi connectivity index (χ3v) is 6.15. The van der Waals surface area contributed by atoms with Gasteiger partial charge in [-0.2, -0.15) is 0 Å². The van der Waals surface area contributed by atoms with Gasteiger partial charge >= 0.3 is 0 Å². The van der Waals surface area contributed by atoms with E-state index in [1.165, 1.54) is 17.4 Å². The molecular weight excluding hydrogens is 416 g/mol. The smallest absolute Gasteiger partial charge is 0.293 e. The van der Waals surface area contributed by atoms with Crippen LogP contribution in [0.2, 0.25) is 0 Å². The number of nitrogens with zero attached hydrogens (tertiary/aromatic N) is 3. The summed E-state index contributed by atoms with van der Waals surface area (Å²) in [5, 5.41) is 14.8. The highest BCUT2D eigenvalue weighted by molar-refractivity contribution is 7.16. The molecule has 1 amide bonds. The number of methoxy groups -OCH3 is 1. The zero-order valence-electron chi connectivity index (χ0n) is 17.3. The first kappa shape index (κ1) is 20.8. The first-order valence-electron chi connectivity index (χ1n) is 9.93. The first-order chi connectivity index (χ1) is 15.0. The molecule has 0 bridgehead atoms. The lowest BCUT2D eigenvalue weighted by Crippen LogP contribution is -2.19. The Hall–Kier alpha value is -3.46. The van der Waals surface area contributed by atoms with E-state index in [9.17, 15) is 14.9 Å². The van der Waals surface area contributed by atoms with Crippen LogP contribution in [0, 0.1) is 17.0 Å². The second-order valence-electron chi connectivity index (χ2n) is 7.26. The third-order valence-electron chi connectivity index (χ3n) is 5.26. The predicted octanol–water partition coefficient (Wildman–Crippen LogP) is 4.89. The van der Waals surface area contributed by atoms with E-state index in [2.05, 4.69) is 10.3 Å². The van der Waals surface area contributed by atoms with Gasteiger partial charge in [-0.25, -0.2) is 4.98 Å². The van der Waals surface area contributed by atoms with Gasteiger partial charge in [0.1, 0.15) is 11.4 Å². The number of amides is 1. The van der Waals surface area contributed by atoms with Gasteiger partial charge < -0.3 is 9.64 Å². The molecule has 0 saturated carbocycles. The van der Waals surface area contributed by atoms with Crippen LogP contribution in [0.25, 0.3) is 11.3 Å². The van der Waals surface area contributed by atoms with Crippen molar-refractivity contribution < 1.29 is 14.5 Å². The molecule has 1 fully saturated rings. The van der Waals surface area contributed by atoms with Crippen LogP contribution in [0.4, 0.5) is 16.5 Å². The second-order valence-corrected chi connectivity index (χ2v) is 8.46. The highest BCUT2D eigenvalue weighted by Crippen LogP contribution is 2.33. The fraction of sp³-hybridized carbons (Fsp3) is 0.273. The summed E-state index contributed by atoms with van der Waals surface area (Å²) in [7, 11) is 1.61. The molecule has 1 saturated heterocycles. The molecule has 0 atom stereocenters. The van der Waals surface area contributed by atoms with Crippen molar-refractivity contribution in [3.05, 3.63) is 63.0 Å². The monoisotopic (exact) mass is 438 g/mol. The molecule has 0 spiro atoms. The fourth-order valence-electron chi connectivity index (χ4n) is 3.67. The topological polar surface area (TPSA) is 97.6 Å². The molecule has 3 aromatic rings. The molecule has 0 aliphatic carbocycles. The quantitative estimate of drug-likeness (QED) is 0.435. The minimum absolute atomic E-state index is 0.0520. The third kappa shape index (κ3) is 4.36. The summed E-state index contributed by atoms with van der Waals surface area (Å²) in [6, 6.07) is 12.2. The summed E-state index contributed by atoms with van der Waals surface area (Å²) < 4.78 is 5.18. The highest BCUT2D eigenvalue weighted by atomic mass is 32.1. The van der Waals surface area contributed by atoms with Crippen molar-refractivity contribution in [2.75, 3.05) is 30.4 Å². The van der Waals surface area contributed by atoms with Crippen LogP contribution in [0.1, 0.15) is 28.1 Å². The van der Waals surface area contributed by atoms with Gasteiger partial charge in [0.05, 0.1) is 17.7 Å². The summed E-state index contributed by atoms with van der Waals surface area (Å²) in [5.41, 5.74) is 2.43. The van der Waals surface area contributed by atoms with Crippen LogP contribution in [0.5, 0.6) is 5.75 Å². The minimum atomic E-state index is -0.431. The number of anilines is 2. The van der Waals surface area contributed by atoms with Gasteiger partial charge in [0.15, 0.2) is 5.13 Å². The fourth-order valence-corrected chi connectivity index (χ4v) is 4.50. The molecule has 2 aromatic carbocycles. The number of hydrogen-bond acceptors (Lipinski definition) is 7. The number of aromatic nitrogens is 1. The molecule has 1 N–H and O–H groups in total. The van der Waals surface area contributed by atoms with Gasteiger partial charge in [-0.1, -0.05) is 0 Å². The lowest BCUT2D eigenvalue weighted by atomic mass is 10.1. The number of carbonyl (C=O) groups is 1. The largest absolute Gasteiger partial charge is 0.497 e. The average Bonchev–Trinajstić information content (AvgIpc) is 3.43. The highest BCUT2D eigenvalue weighted by Gasteiger charge is 2.24. The van der Waals surface area contributed by atoms with Crippen LogP contribution < -0.4 is 15.0 Å². The number of rotatable bonds is 6. The number of aryl methyl sites for hydroxylation is 1. The van der Waals surface area contributed by atoms with Crippen molar-refractivity contribution >= 4 is 33.8 Å². The van der Waals surface area contributed by atoms with E-state index in [0.29, 0.717) is 10.8 Å². The Kier molecular flexibility index (Phi) is 5.85. The summed E-state index contributed by atoms with van der Waals surface area (Å²) in [5.74, 6) is 0.329. The number of benzene rings is 2. The summed E-state index contributed by atoms with van der Waals surface area (Å²) in [4.78, 5) is 31.4. The molecule has 1 aromatic heterocycles. The number of thiazole rings is 1. The molecule has 4 rings (SSSR count). The number of ether oxygens (including phenoxy) is 1. The molecule has 1 aliphatic heterocycles. The number of nitro benzene ring substituents is 1. The molecule has 9 heteroatoms. The van der Waals surface area contributed by atoms with E-state index in [4.69, 9.17) is 4.74 Å². The Morgan fingerprint density at radius 1 is 1.19 bits per heavy atom. The van der Waals surface area contributed by atoms with E-state index in [-0.39, 0.29) is 11.3 Å². The van der Waals surface area contributed by atoms with E-state index in [1.54, 1.807) is 19.2 Å². The second kappa shape index (κ2) is 8.73. The van der Waals surface area contributed by atoms with E-state index in [0.717, 1.165) is 47.8 Å². The van der Waals surface area contributed by atoms with Gasteiger partial charge in [-0.05, 0) is 56.2 Å². The van der Waals surface area contributed by atoms with Gasteiger partial charge in [-0.15, -0.1) is 11.3 Å². The van der Waals surface area contributed by atoms with E-state index in [1.807, 2.05) is 36.1 Å². The summed E-state index contributed by atoms with van der Waals surface area (Å²) in [6.07, 6.45) is 2.03. The molecule has 2 heterocycles. The molecule has 8 nitrogen and oxygen atoms in total. The molecule has 0 unspecified atom stereocenters. The van der Waals surface area contributed by atoms with Crippen molar-refractivity contribution in [3.63, 3.8) is 0 Å². The van der Waals surface area contributed by atoms with Crippen molar-refractivity contribution in [3.8, 4) is 17.0 Å². The number of nitrogens with one attached hydrogen (secondary N) is 1. The van der Waals surface area contributed by atoms with Crippen LogP contribution in [0.15, 0.2) is 42.5 Å². The number of nitro groups is 1.